The van der Waals surface area contributed by atoms with Crippen LogP contribution in [0.4, 0.5) is 14.5 Å². The lowest BCUT2D eigenvalue weighted by atomic mass is 10.2. The molecule has 0 saturated heterocycles. The summed E-state index contributed by atoms with van der Waals surface area (Å²) in [5.74, 6) is -2.12. The van der Waals surface area contributed by atoms with E-state index in [0.29, 0.717) is 0 Å². The summed E-state index contributed by atoms with van der Waals surface area (Å²) in [7, 11) is -4.08. The van der Waals surface area contributed by atoms with E-state index < -0.39 is 35.1 Å². The second kappa shape index (κ2) is 9.35. The normalized spacial score (nSPS) is 11.2. The monoisotopic (exact) mass is 468 g/mol. The zero-order valence-electron chi connectivity index (χ0n) is 14.2. The topological polar surface area (TPSA) is 125 Å². The standard InChI is InChI=1S/C16H12Cl2F2N2O6S/c17-11-3-2-9(29(21,25)26)6-10(11)15(24)27-7-14(23)22-8-1-4-13(12(18)5-8)28-16(19)20/h1-6,16H,7H2,(H,22,23)(H2,21,25,26). The average Bonchev–Trinajstić information content (AvgIpc) is 2.61. The summed E-state index contributed by atoms with van der Waals surface area (Å²) in [6.45, 7) is -3.81. The molecule has 0 unspecified atom stereocenters. The molecule has 0 aliphatic rings. The van der Waals surface area contributed by atoms with Crippen molar-refractivity contribution in [1.29, 1.82) is 0 Å². The summed E-state index contributed by atoms with van der Waals surface area (Å²) < 4.78 is 56.1. The van der Waals surface area contributed by atoms with Crippen molar-refractivity contribution in [2.75, 3.05) is 11.9 Å². The first-order chi connectivity index (χ1) is 13.5. The third kappa shape index (κ3) is 6.53. The van der Waals surface area contributed by atoms with Gasteiger partial charge in [0.1, 0.15) is 5.75 Å². The number of ether oxygens (including phenoxy) is 2. The molecule has 0 aliphatic carbocycles. The van der Waals surface area contributed by atoms with E-state index in [-0.39, 0.29) is 31.9 Å². The van der Waals surface area contributed by atoms with Gasteiger partial charge in [-0.1, -0.05) is 23.2 Å². The first-order valence-corrected chi connectivity index (χ1v) is 9.81. The second-order valence-electron chi connectivity index (χ2n) is 5.33. The van der Waals surface area contributed by atoms with E-state index in [9.17, 15) is 26.8 Å². The number of nitrogens with one attached hydrogen (secondary N) is 1. The lowest BCUT2D eigenvalue weighted by molar-refractivity contribution is -0.119. The van der Waals surface area contributed by atoms with Crippen molar-refractivity contribution in [3.05, 3.63) is 52.0 Å². The lowest BCUT2D eigenvalue weighted by Crippen LogP contribution is -2.21. The van der Waals surface area contributed by atoms with Crippen molar-refractivity contribution in [3.8, 4) is 5.75 Å². The molecule has 0 radical (unpaired) electrons. The van der Waals surface area contributed by atoms with Gasteiger partial charge in [-0.2, -0.15) is 8.78 Å². The smallest absolute Gasteiger partial charge is 0.387 e. The largest absolute Gasteiger partial charge is 0.452 e. The second-order valence-corrected chi connectivity index (χ2v) is 7.71. The van der Waals surface area contributed by atoms with E-state index in [1.807, 2.05) is 0 Å². The van der Waals surface area contributed by atoms with Gasteiger partial charge >= 0.3 is 12.6 Å². The fourth-order valence-electron chi connectivity index (χ4n) is 2.01. The Hall–Kier alpha value is -2.47. The Morgan fingerprint density at radius 3 is 2.38 bits per heavy atom. The SMILES string of the molecule is NS(=O)(=O)c1ccc(Cl)c(C(=O)OCC(=O)Nc2ccc(OC(F)F)c(Cl)c2)c1. The van der Waals surface area contributed by atoms with Crippen LogP contribution in [0.5, 0.6) is 5.75 Å². The molecule has 2 rings (SSSR count). The number of alkyl halides is 2. The molecule has 0 aliphatic heterocycles. The van der Waals surface area contributed by atoms with E-state index in [1.165, 1.54) is 6.07 Å². The highest BCUT2D eigenvalue weighted by molar-refractivity contribution is 7.89. The van der Waals surface area contributed by atoms with Gasteiger partial charge in [-0.25, -0.2) is 18.4 Å². The zero-order valence-corrected chi connectivity index (χ0v) is 16.5. The van der Waals surface area contributed by atoms with Crippen LogP contribution in [0.15, 0.2) is 41.3 Å². The predicted molar refractivity (Wildman–Crippen MR) is 99.8 cm³/mol. The van der Waals surface area contributed by atoms with Gasteiger partial charge in [0.05, 0.1) is 20.5 Å². The van der Waals surface area contributed by atoms with Crippen LogP contribution in [-0.4, -0.2) is 33.5 Å². The van der Waals surface area contributed by atoms with Gasteiger partial charge in [0.25, 0.3) is 5.91 Å². The van der Waals surface area contributed by atoms with Crippen molar-refractivity contribution in [3.63, 3.8) is 0 Å². The Bertz CT molecular complexity index is 1050. The summed E-state index contributed by atoms with van der Waals surface area (Å²) in [4.78, 5) is 23.6. The van der Waals surface area contributed by atoms with Crippen LogP contribution in [0, 0.1) is 0 Å². The third-order valence-corrected chi connectivity index (χ3v) is 4.79. The molecule has 0 spiro atoms. The molecule has 8 nitrogen and oxygen atoms in total. The van der Waals surface area contributed by atoms with Crippen LogP contribution >= 0.6 is 23.2 Å². The fourth-order valence-corrected chi connectivity index (χ4v) is 2.97. The molecule has 0 fully saturated rings. The zero-order chi connectivity index (χ0) is 21.8. The number of primary sulfonamides is 1. The molecule has 29 heavy (non-hydrogen) atoms. The van der Waals surface area contributed by atoms with Crippen molar-refractivity contribution >= 4 is 50.8 Å². The molecule has 13 heteroatoms. The first-order valence-electron chi connectivity index (χ1n) is 7.51. The summed E-state index contributed by atoms with van der Waals surface area (Å²) in [5.41, 5.74) is -0.172. The highest BCUT2D eigenvalue weighted by Gasteiger charge is 2.18. The summed E-state index contributed by atoms with van der Waals surface area (Å²) >= 11 is 11.6. The minimum atomic E-state index is -4.08. The van der Waals surface area contributed by atoms with Crippen LogP contribution in [0.3, 0.4) is 0 Å². The van der Waals surface area contributed by atoms with Gasteiger partial charge in [-0.3, -0.25) is 4.79 Å². The Labute approximate surface area is 173 Å². The lowest BCUT2D eigenvalue weighted by Gasteiger charge is -2.10. The van der Waals surface area contributed by atoms with Gasteiger partial charge in [0.2, 0.25) is 10.0 Å². The van der Waals surface area contributed by atoms with Crippen LogP contribution in [0.1, 0.15) is 10.4 Å². The summed E-state index contributed by atoms with van der Waals surface area (Å²) in [6, 6.07) is 6.69. The van der Waals surface area contributed by atoms with Crippen molar-refractivity contribution in [1.82, 2.24) is 0 Å². The minimum Gasteiger partial charge on any atom is -0.452 e. The van der Waals surface area contributed by atoms with E-state index in [2.05, 4.69) is 10.1 Å². The Morgan fingerprint density at radius 2 is 1.79 bits per heavy atom. The maximum Gasteiger partial charge on any atom is 0.387 e. The molecule has 1 amide bonds. The first kappa shape index (κ1) is 22.8. The van der Waals surface area contributed by atoms with Gasteiger partial charge < -0.3 is 14.8 Å². The van der Waals surface area contributed by atoms with Crippen LogP contribution < -0.4 is 15.2 Å². The molecule has 156 valence electrons. The molecule has 3 N–H and O–H groups in total. The van der Waals surface area contributed by atoms with E-state index >= 15 is 0 Å². The quantitative estimate of drug-likeness (QED) is 0.601. The average molecular weight is 469 g/mol. The summed E-state index contributed by atoms with van der Waals surface area (Å²) in [6.07, 6.45) is 0. The predicted octanol–water partition coefficient (Wildman–Crippen LogP) is 3.04. The van der Waals surface area contributed by atoms with Crippen molar-refractivity contribution in [2.24, 2.45) is 5.14 Å². The van der Waals surface area contributed by atoms with E-state index in [4.69, 9.17) is 33.1 Å². The number of esters is 1. The van der Waals surface area contributed by atoms with Crippen LogP contribution in [0.25, 0.3) is 0 Å². The molecular formula is C16H12Cl2F2N2O6S. The molecule has 2 aromatic carbocycles. The number of sulfonamides is 1. The molecule has 2 aromatic rings. The highest BCUT2D eigenvalue weighted by Crippen LogP contribution is 2.29. The van der Waals surface area contributed by atoms with E-state index in [0.717, 1.165) is 30.3 Å². The number of hydrogen-bond acceptors (Lipinski definition) is 6. The fraction of sp³-hybridized carbons (Fsp3) is 0.125. The number of nitrogens with two attached hydrogens (primary N) is 1. The number of hydrogen-bond donors (Lipinski definition) is 2. The van der Waals surface area contributed by atoms with E-state index in [1.54, 1.807) is 0 Å². The Balaban J connectivity index is 2.01. The molecule has 0 atom stereocenters. The van der Waals surface area contributed by atoms with Gasteiger partial charge in [-0.05, 0) is 36.4 Å². The van der Waals surface area contributed by atoms with Crippen LogP contribution in [-0.2, 0) is 19.6 Å². The molecule has 0 bridgehead atoms. The Morgan fingerprint density at radius 1 is 1.10 bits per heavy atom. The van der Waals surface area contributed by atoms with Gasteiger partial charge in [0, 0.05) is 5.69 Å². The highest BCUT2D eigenvalue weighted by atomic mass is 35.5. The number of anilines is 1. The third-order valence-electron chi connectivity index (χ3n) is 3.25. The maximum atomic E-state index is 12.2. The molecule has 0 saturated carbocycles. The number of carbonyl (C=O) groups is 2. The number of amides is 1. The molecular weight excluding hydrogens is 457 g/mol. The molecule has 0 aromatic heterocycles. The number of benzene rings is 2. The summed E-state index contributed by atoms with van der Waals surface area (Å²) in [5, 5.41) is 7.03. The minimum absolute atomic E-state index is 0.107. The number of rotatable bonds is 7. The number of halogens is 4. The number of carbonyl (C=O) groups excluding carboxylic acids is 2. The molecule has 0 heterocycles. The van der Waals surface area contributed by atoms with Gasteiger partial charge in [-0.15, -0.1) is 0 Å². The van der Waals surface area contributed by atoms with Crippen LogP contribution in [0.2, 0.25) is 10.0 Å². The maximum absolute atomic E-state index is 12.2. The van der Waals surface area contributed by atoms with Crippen molar-refractivity contribution in [2.45, 2.75) is 11.5 Å². The van der Waals surface area contributed by atoms with Crippen molar-refractivity contribution < 1.29 is 36.3 Å². The van der Waals surface area contributed by atoms with Gasteiger partial charge in [0.15, 0.2) is 6.61 Å². The Kier molecular flexibility index (Phi) is 7.36.